The Balaban J connectivity index is 1.78. The van der Waals surface area contributed by atoms with E-state index in [0.717, 1.165) is 60.9 Å². The average Bonchev–Trinajstić information content (AvgIpc) is 3.13. The van der Waals surface area contributed by atoms with Gasteiger partial charge in [0.25, 0.3) is 0 Å². The predicted octanol–water partition coefficient (Wildman–Crippen LogP) is 2.33. The molecule has 2 N–H and O–H groups in total. The lowest BCUT2D eigenvalue weighted by Gasteiger charge is -2.15. The fourth-order valence-corrected chi connectivity index (χ4v) is 3.54. The smallest absolute Gasteiger partial charge is 0.146 e. The van der Waals surface area contributed by atoms with Crippen LogP contribution in [0.3, 0.4) is 0 Å². The Hall–Kier alpha value is -1.24. The first-order chi connectivity index (χ1) is 10.3. The third-order valence-electron chi connectivity index (χ3n) is 3.91. The molecular weight excluding hydrogens is 284 g/mol. The molecule has 1 unspecified atom stereocenters. The fraction of sp³-hybridized carbons (Fsp3) is 0.600. The van der Waals surface area contributed by atoms with Crippen molar-refractivity contribution in [1.82, 2.24) is 14.9 Å². The van der Waals surface area contributed by atoms with Gasteiger partial charge in [0.2, 0.25) is 0 Å². The van der Waals surface area contributed by atoms with Crippen molar-refractivity contribution in [2.75, 3.05) is 31.6 Å². The molecule has 0 amide bonds. The Kier molecular flexibility index (Phi) is 4.67. The number of hydrogen-bond donors (Lipinski definition) is 2. The molecule has 3 heterocycles. The number of thiophene rings is 1. The van der Waals surface area contributed by atoms with Gasteiger partial charge in [-0.1, -0.05) is 6.92 Å². The van der Waals surface area contributed by atoms with Gasteiger partial charge in [0.1, 0.15) is 16.5 Å². The van der Waals surface area contributed by atoms with Gasteiger partial charge < -0.3 is 10.4 Å². The molecule has 0 radical (unpaired) electrons. The summed E-state index contributed by atoms with van der Waals surface area (Å²) in [4.78, 5) is 12.8. The number of hydrogen-bond acceptors (Lipinski definition) is 6. The van der Waals surface area contributed by atoms with Gasteiger partial charge in [-0.3, -0.25) is 4.90 Å². The van der Waals surface area contributed by atoms with E-state index in [1.165, 1.54) is 0 Å². The number of aromatic nitrogens is 2. The monoisotopic (exact) mass is 306 g/mol. The Morgan fingerprint density at radius 1 is 1.48 bits per heavy atom. The van der Waals surface area contributed by atoms with Crippen LogP contribution in [0.15, 0.2) is 11.4 Å². The minimum Gasteiger partial charge on any atom is -0.396 e. The highest BCUT2D eigenvalue weighted by Crippen LogP contribution is 2.26. The van der Waals surface area contributed by atoms with Crippen molar-refractivity contribution >= 4 is 27.4 Å². The second-order valence-electron chi connectivity index (χ2n) is 5.63. The average molecular weight is 306 g/mol. The first-order valence-electron chi connectivity index (χ1n) is 7.61. The molecule has 1 aliphatic heterocycles. The van der Waals surface area contributed by atoms with Gasteiger partial charge in [-0.2, -0.15) is 0 Å². The van der Waals surface area contributed by atoms with E-state index in [0.29, 0.717) is 5.92 Å². The van der Waals surface area contributed by atoms with Crippen LogP contribution in [0, 0.1) is 5.92 Å². The largest absolute Gasteiger partial charge is 0.396 e. The molecule has 114 valence electrons. The van der Waals surface area contributed by atoms with Crippen molar-refractivity contribution in [3.05, 3.63) is 17.3 Å². The van der Waals surface area contributed by atoms with Crippen molar-refractivity contribution in [1.29, 1.82) is 0 Å². The highest BCUT2D eigenvalue weighted by molar-refractivity contribution is 7.16. The first kappa shape index (κ1) is 14.7. The number of nitrogens with one attached hydrogen (secondary N) is 1. The van der Waals surface area contributed by atoms with Crippen LogP contribution in [0.5, 0.6) is 0 Å². The van der Waals surface area contributed by atoms with E-state index in [1.807, 2.05) is 0 Å². The molecule has 1 aliphatic rings. The molecule has 21 heavy (non-hydrogen) atoms. The fourth-order valence-electron chi connectivity index (χ4n) is 2.75. The van der Waals surface area contributed by atoms with E-state index in [1.54, 1.807) is 11.3 Å². The molecule has 2 aromatic rings. The zero-order chi connectivity index (χ0) is 14.7. The SMILES string of the molecule is CCCNc1nc(CN2CCC(CO)C2)nc2sccc12. The standard InChI is InChI=1S/C15H22N4OS/c1-2-5-16-14-12-4-7-21-15(12)18-13(17-14)9-19-6-3-11(8-19)10-20/h4,7,11,20H,2-3,5-6,8-10H2,1H3,(H,16,17,18). The maximum atomic E-state index is 9.24. The topological polar surface area (TPSA) is 61.3 Å². The Morgan fingerprint density at radius 3 is 3.14 bits per heavy atom. The number of aliphatic hydroxyl groups excluding tert-OH is 1. The molecule has 0 bridgehead atoms. The number of likely N-dealkylation sites (tertiary alicyclic amines) is 1. The summed E-state index contributed by atoms with van der Waals surface area (Å²) in [5, 5.41) is 15.8. The van der Waals surface area contributed by atoms with E-state index in [4.69, 9.17) is 4.98 Å². The lowest BCUT2D eigenvalue weighted by molar-refractivity contribution is 0.219. The molecule has 1 atom stereocenters. The van der Waals surface area contributed by atoms with Crippen LogP contribution in [-0.2, 0) is 6.54 Å². The third-order valence-corrected chi connectivity index (χ3v) is 4.71. The summed E-state index contributed by atoms with van der Waals surface area (Å²) in [5.41, 5.74) is 0. The number of rotatable bonds is 6. The predicted molar refractivity (Wildman–Crippen MR) is 86.7 cm³/mol. The normalized spacial score (nSPS) is 19.4. The zero-order valence-corrected chi connectivity index (χ0v) is 13.2. The van der Waals surface area contributed by atoms with E-state index in [9.17, 15) is 5.11 Å². The van der Waals surface area contributed by atoms with Crippen LogP contribution in [0.4, 0.5) is 5.82 Å². The van der Waals surface area contributed by atoms with Crippen LogP contribution in [0.2, 0.25) is 0 Å². The second kappa shape index (κ2) is 6.68. The van der Waals surface area contributed by atoms with Crippen molar-refractivity contribution < 1.29 is 5.11 Å². The molecule has 6 heteroatoms. The highest BCUT2D eigenvalue weighted by Gasteiger charge is 2.22. The molecular formula is C15H22N4OS. The van der Waals surface area contributed by atoms with Crippen LogP contribution in [0.25, 0.3) is 10.2 Å². The molecule has 1 fully saturated rings. The van der Waals surface area contributed by atoms with Gasteiger partial charge in [0.15, 0.2) is 0 Å². The quantitative estimate of drug-likeness (QED) is 0.857. The minimum absolute atomic E-state index is 0.282. The van der Waals surface area contributed by atoms with Crippen molar-refractivity contribution in [3.63, 3.8) is 0 Å². The van der Waals surface area contributed by atoms with Gasteiger partial charge in [0, 0.05) is 19.7 Å². The zero-order valence-electron chi connectivity index (χ0n) is 12.4. The van der Waals surface area contributed by atoms with Gasteiger partial charge in [-0.05, 0) is 36.8 Å². The van der Waals surface area contributed by atoms with Gasteiger partial charge >= 0.3 is 0 Å². The highest BCUT2D eigenvalue weighted by atomic mass is 32.1. The van der Waals surface area contributed by atoms with Crippen LogP contribution in [0.1, 0.15) is 25.6 Å². The summed E-state index contributed by atoms with van der Waals surface area (Å²) in [7, 11) is 0. The molecule has 5 nitrogen and oxygen atoms in total. The van der Waals surface area contributed by atoms with Gasteiger partial charge in [-0.15, -0.1) is 11.3 Å². The summed E-state index contributed by atoms with van der Waals surface area (Å²) in [6.45, 7) is 6.10. The number of aliphatic hydroxyl groups is 1. The molecule has 0 aromatic carbocycles. The van der Waals surface area contributed by atoms with Crippen molar-refractivity contribution in [3.8, 4) is 0 Å². The van der Waals surface area contributed by atoms with Gasteiger partial charge in [-0.25, -0.2) is 9.97 Å². The number of fused-ring (bicyclic) bond motifs is 1. The van der Waals surface area contributed by atoms with E-state index in [-0.39, 0.29) is 6.61 Å². The lowest BCUT2D eigenvalue weighted by atomic mass is 10.1. The Bertz CT molecular complexity index is 600. The molecule has 1 saturated heterocycles. The summed E-state index contributed by atoms with van der Waals surface area (Å²) in [5.74, 6) is 2.24. The van der Waals surface area contributed by atoms with E-state index in [2.05, 4.69) is 33.6 Å². The maximum absolute atomic E-state index is 9.24. The second-order valence-corrected chi connectivity index (χ2v) is 6.52. The Morgan fingerprint density at radius 2 is 2.38 bits per heavy atom. The maximum Gasteiger partial charge on any atom is 0.146 e. The molecule has 2 aromatic heterocycles. The molecule has 0 spiro atoms. The number of anilines is 1. The molecule has 0 saturated carbocycles. The van der Waals surface area contributed by atoms with Crippen LogP contribution >= 0.6 is 11.3 Å². The number of nitrogens with zero attached hydrogens (tertiary/aromatic N) is 3. The molecule has 3 rings (SSSR count). The summed E-state index contributed by atoms with van der Waals surface area (Å²) in [6, 6.07) is 2.08. The Labute approximate surface area is 129 Å². The summed E-state index contributed by atoms with van der Waals surface area (Å²) in [6.07, 6.45) is 2.15. The minimum atomic E-state index is 0.282. The van der Waals surface area contributed by atoms with Crippen LogP contribution < -0.4 is 5.32 Å². The summed E-state index contributed by atoms with van der Waals surface area (Å²) >= 11 is 1.66. The lowest BCUT2D eigenvalue weighted by Crippen LogP contribution is -2.22. The first-order valence-corrected chi connectivity index (χ1v) is 8.49. The van der Waals surface area contributed by atoms with Crippen molar-refractivity contribution in [2.45, 2.75) is 26.3 Å². The van der Waals surface area contributed by atoms with Gasteiger partial charge in [0.05, 0.1) is 11.9 Å². The third kappa shape index (κ3) is 3.33. The molecule has 0 aliphatic carbocycles. The van der Waals surface area contributed by atoms with Crippen molar-refractivity contribution in [2.24, 2.45) is 5.92 Å². The summed E-state index contributed by atoms with van der Waals surface area (Å²) < 4.78 is 0. The van der Waals surface area contributed by atoms with Crippen LogP contribution in [-0.4, -0.2) is 46.2 Å². The van der Waals surface area contributed by atoms with E-state index >= 15 is 0 Å². The van der Waals surface area contributed by atoms with E-state index < -0.39 is 0 Å².